The summed E-state index contributed by atoms with van der Waals surface area (Å²) in [4.78, 5) is 4.23. The molecule has 1 aromatic heterocycles. The van der Waals surface area contributed by atoms with Gasteiger partial charge in [-0.1, -0.05) is 24.6 Å². The van der Waals surface area contributed by atoms with Crippen LogP contribution in [0.1, 0.15) is 12.5 Å². The zero-order valence-electron chi connectivity index (χ0n) is 7.42. The first kappa shape index (κ1) is 8.52. The van der Waals surface area contributed by atoms with E-state index in [0.29, 0.717) is 0 Å². The van der Waals surface area contributed by atoms with Crippen LogP contribution in [0.5, 0.6) is 0 Å². The Morgan fingerprint density at radius 2 is 2.15 bits per heavy atom. The Labute approximate surface area is 82.4 Å². The summed E-state index contributed by atoms with van der Waals surface area (Å²) < 4.78 is 0. The van der Waals surface area contributed by atoms with Crippen LogP contribution in [0.4, 0.5) is 0 Å². The van der Waals surface area contributed by atoms with Gasteiger partial charge in [-0.2, -0.15) is 0 Å². The monoisotopic (exact) mass is 191 g/mol. The van der Waals surface area contributed by atoms with Crippen LogP contribution in [0, 0.1) is 0 Å². The molecule has 0 unspecified atom stereocenters. The molecule has 0 saturated heterocycles. The van der Waals surface area contributed by atoms with Crippen molar-refractivity contribution in [2.75, 3.05) is 0 Å². The molecule has 1 nitrogen and oxygen atoms in total. The fraction of sp³-hybridized carbons (Fsp3) is 0.182. The highest BCUT2D eigenvalue weighted by molar-refractivity contribution is 6.35. The van der Waals surface area contributed by atoms with Gasteiger partial charge in [-0.3, -0.25) is 4.98 Å². The van der Waals surface area contributed by atoms with Crippen molar-refractivity contribution in [3.63, 3.8) is 0 Å². The molecule has 1 aromatic carbocycles. The van der Waals surface area contributed by atoms with Crippen molar-refractivity contribution in [3.05, 3.63) is 41.0 Å². The van der Waals surface area contributed by atoms with Gasteiger partial charge >= 0.3 is 0 Å². The molecule has 0 N–H and O–H groups in total. The second-order valence-electron chi connectivity index (χ2n) is 3.00. The maximum atomic E-state index is 6.05. The molecule has 0 aliphatic heterocycles. The highest BCUT2D eigenvalue weighted by Gasteiger charge is 1.99. The van der Waals surface area contributed by atoms with Crippen LogP contribution >= 0.6 is 11.6 Å². The minimum Gasteiger partial charge on any atom is -0.256 e. The molecule has 0 radical (unpaired) electrons. The molecule has 0 atom stereocenters. The molecular weight excluding hydrogens is 182 g/mol. The molecule has 0 saturated carbocycles. The summed E-state index contributed by atoms with van der Waals surface area (Å²) in [5, 5.41) is 1.82. The average Bonchev–Trinajstić information content (AvgIpc) is 2.18. The Morgan fingerprint density at radius 3 is 2.92 bits per heavy atom. The molecule has 0 aliphatic rings. The lowest BCUT2D eigenvalue weighted by atomic mass is 10.1. The second kappa shape index (κ2) is 3.35. The van der Waals surface area contributed by atoms with Gasteiger partial charge in [0, 0.05) is 11.6 Å². The lowest BCUT2D eigenvalue weighted by Crippen LogP contribution is -1.83. The summed E-state index contributed by atoms with van der Waals surface area (Å²) in [5.74, 6) is 0. The number of nitrogens with zero attached hydrogens (tertiary/aromatic N) is 1. The second-order valence-corrected chi connectivity index (χ2v) is 3.41. The third-order valence-electron chi connectivity index (χ3n) is 2.16. The normalized spacial score (nSPS) is 10.6. The van der Waals surface area contributed by atoms with E-state index >= 15 is 0 Å². The van der Waals surface area contributed by atoms with E-state index in [1.807, 2.05) is 12.1 Å². The number of halogens is 1. The van der Waals surface area contributed by atoms with Crippen molar-refractivity contribution < 1.29 is 0 Å². The Balaban J connectivity index is 2.74. The summed E-state index contributed by atoms with van der Waals surface area (Å²) in [5.41, 5.74) is 2.26. The van der Waals surface area contributed by atoms with E-state index in [1.54, 1.807) is 6.20 Å². The van der Waals surface area contributed by atoms with Crippen LogP contribution in [0.2, 0.25) is 5.02 Å². The van der Waals surface area contributed by atoms with Crippen molar-refractivity contribution in [1.82, 2.24) is 4.98 Å². The predicted molar refractivity (Wildman–Crippen MR) is 56.1 cm³/mol. The topological polar surface area (TPSA) is 12.9 Å². The molecule has 2 rings (SSSR count). The number of fused-ring (bicyclic) bond motifs is 1. The van der Waals surface area contributed by atoms with E-state index in [1.165, 1.54) is 5.56 Å². The molecule has 13 heavy (non-hydrogen) atoms. The van der Waals surface area contributed by atoms with E-state index in [0.717, 1.165) is 22.3 Å². The number of rotatable bonds is 1. The summed E-state index contributed by atoms with van der Waals surface area (Å²) >= 11 is 6.05. The molecular formula is C11H10ClN. The molecule has 2 heteroatoms. The third kappa shape index (κ3) is 1.52. The summed E-state index contributed by atoms with van der Waals surface area (Å²) in [6, 6.07) is 8.03. The van der Waals surface area contributed by atoms with Gasteiger partial charge in [0.25, 0.3) is 0 Å². The average molecular weight is 192 g/mol. The number of aryl methyl sites for hydroxylation is 1. The van der Waals surface area contributed by atoms with Crippen LogP contribution in [0.3, 0.4) is 0 Å². The predicted octanol–water partition coefficient (Wildman–Crippen LogP) is 3.45. The van der Waals surface area contributed by atoms with E-state index in [9.17, 15) is 0 Å². The zero-order chi connectivity index (χ0) is 9.26. The van der Waals surface area contributed by atoms with Crippen LogP contribution < -0.4 is 0 Å². The van der Waals surface area contributed by atoms with Crippen molar-refractivity contribution in [3.8, 4) is 0 Å². The Bertz CT molecular complexity index is 437. The van der Waals surface area contributed by atoms with Crippen LogP contribution in [0.15, 0.2) is 30.5 Å². The molecule has 0 amide bonds. The summed E-state index contributed by atoms with van der Waals surface area (Å²) in [6.45, 7) is 2.13. The SMILES string of the molecule is CCc1ccc2nccc(Cl)c2c1. The van der Waals surface area contributed by atoms with Crippen LogP contribution in [-0.4, -0.2) is 4.98 Å². The maximum absolute atomic E-state index is 6.05. The Kier molecular flexibility index (Phi) is 2.19. The fourth-order valence-corrected chi connectivity index (χ4v) is 1.59. The Morgan fingerprint density at radius 1 is 1.31 bits per heavy atom. The largest absolute Gasteiger partial charge is 0.256 e. The third-order valence-corrected chi connectivity index (χ3v) is 2.49. The van der Waals surface area contributed by atoms with Crippen molar-refractivity contribution in [2.45, 2.75) is 13.3 Å². The first-order chi connectivity index (χ1) is 6.31. The lowest BCUT2D eigenvalue weighted by molar-refractivity contribution is 1.14. The van der Waals surface area contributed by atoms with Crippen molar-refractivity contribution in [2.24, 2.45) is 0 Å². The first-order valence-electron chi connectivity index (χ1n) is 4.34. The zero-order valence-corrected chi connectivity index (χ0v) is 8.17. The molecule has 0 spiro atoms. The van der Waals surface area contributed by atoms with E-state index < -0.39 is 0 Å². The van der Waals surface area contributed by atoms with Gasteiger partial charge in [0.15, 0.2) is 0 Å². The molecule has 66 valence electrons. The number of benzene rings is 1. The molecule has 0 fully saturated rings. The molecule has 0 bridgehead atoms. The van der Waals surface area contributed by atoms with E-state index in [2.05, 4.69) is 24.0 Å². The van der Waals surface area contributed by atoms with Gasteiger partial charge in [-0.05, 0) is 30.2 Å². The maximum Gasteiger partial charge on any atom is 0.0717 e. The van der Waals surface area contributed by atoms with Gasteiger partial charge in [0.05, 0.1) is 10.5 Å². The first-order valence-corrected chi connectivity index (χ1v) is 4.72. The van der Waals surface area contributed by atoms with Crippen molar-refractivity contribution >= 4 is 22.5 Å². The Hall–Kier alpha value is -1.08. The summed E-state index contributed by atoms with van der Waals surface area (Å²) in [7, 11) is 0. The summed E-state index contributed by atoms with van der Waals surface area (Å²) in [6.07, 6.45) is 2.76. The van der Waals surface area contributed by atoms with Crippen LogP contribution in [0.25, 0.3) is 10.9 Å². The number of aromatic nitrogens is 1. The number of pyridine rings is 1. The highest BCUT2D eigenvalue weighted by Crippen LogP contribution is 2.22. The van der Waals surface area contributed by atoms with E-state index in [4.69, 9.17) is 11.6 Å². The minimum atomic E-state index is 0.778. The van der Waals surface area contributed by atoms with Gasteiger partial charge in [0.1, 0.15) is 0 Å². The van der Waals surface area contributed by atoms with Gasteiger partial charge in [-0.15, -0.1) is 0 Å². The van der Waals surface area contributed by atoms with Crippen molar-refractivity contribution in [1.29, 1.82) is 0 Å². The quantitative estimate of drug-likeness (QED) is 0.673. The molecule has 1 heterocycles. The smallest absolute Gasteiger partial charge is 0.0717 e. The number of hydrogen-bond donors (Lipinski definition) is 0. The molecule has 0 aliphatic carbocycles. The highest BCUT2D eigenvalue weighted by atomic mass is 35.5. The minimum absolute atomic E-state index is 0.778. The number of hydrogen-bond acceptors (Lipinski definition) is 1. The van der Waals surface area contributed by atoms with Gasteiger partial charge in [-0.25, -0.2) is 0 Å². The molecule has 2 aromatic rings. The fourth-order valence-electron chi connectivity index (χ4n) is 1.38. The van der Waals surface area contributed by atoms with Gasteiger partial charge in [0.2, 0.25) is 0 Å². The van der Waals surface area contributed by atoms with Gasteiger partial charge < -0.3 is 0 Å². The van der Waals surface area contributed by atoms with Crippen LogP contribution in [-0.2, 0) is 6.42 Å². The lowest BCUT2D eigenvalue weighted by Gasteiger charge is -2.01. The van der Waals surface area contributed by atoms with E-state index in [-0.39, 0.29) is 0 Å². The standard InChI is InChI=1S/C11H10ClN/c1-2-8-3-4-11-9(7-8)10(12)5-6-13-11/h3-7H,2H2,1H3.